The topological polar surface area (TPSA) is 115 Å². The third kappa shape index (κ3) is 3.81. The smallest absolute Gasteiger partial charge is 0.277 e. The van der Waals surface area contributed by atoms with Crippen molar-refractivity contribution < 1.29 is 9.18 Å². The molecule has 3 heterocycles. The van der Waals surface area contributed by atoms with Gasteiger partial charge in [-0.3, -0.25) is 9.48 Å². The summed E-state index contributed by atoms with van der Waals surface area (Å²) in [7, 11) is 1.82. The average Bonchev–Trinajstić information content (AvgIpc) is 3.25. The number of hydrogen-bond donors (Lipinski definition) is 3. The van der Waals surface area contributed by atoms with Crippen molar-refractivity contribution in [2.24, 2.45) is 12.8 Å². The Bertz CT molecular complexity index is 1050. The average molecular weight is 415 g/mol. The SMILES string of the molecule is Cn1ncc(NC(=O)c2nc(-c3ccccc3F)sc2N)c1N1CCC[C@H](N)C1. The minimum absolute atomic E-state index is 0.0680. The largest absolute Gasteiger partial charge is 0.389 e. The van der Waals surface area contributed by atoms with Crippen molar-refractivity contribution in [2.45, 2.75) is 18.9 Å². The van der Waals surface area contributed by atoms with E-state index in [0.717, 1.165) is 36.5 Å². The van der Waals surface area contributed by atoms with Crippen LogP contribution in [0, 0.1) is 5.82 Å². The fraction of sp³-hybridized carbons (Fsp3) is 0.316. The zero-order valence-electron chi connectivity index (χ0n) is 15.9. The monoisotopic (exact) mass is 415 g/mol. The molecule has 1 atom stereocenters. The molecule has 1 aromatic carbocycles. The summed E-state index contributed by atoms with van der Waals surface area (Å²) in [5, 5.41) is 7.71. The normalized spacial score (nSPS) is 16.8. The second-order valence-corrected chi connectivity index (χ2v) is 8.05. The molecule has 0 spiro atoms. The summed E-state index contributed by atoms with van der Waals surface area (Å²) in [5.41, 5.74) is 13.1. The van der Waals surface area contributed by atoms with E-state index in [1.165, 1.54) is 6.07 Å². The molecule has 3 aromatic rings. The molecule has 152 valence electrons. The van der Waals surface area contributed by atoms with E-state index in [-0.39, 0.29) is 16.7 Å². The fourth-order valence-corrected chi connectivity index (χ4v) is 4.38. The zero-order chi connectivity index (χ0) is 20.5. The van der Waals surface area contributed by atoms with Crippen molar-refractivity contribution in [3.05, 3.63) is 42.0 Å². The van der Waals surface area contributed by atoms with Gasteiger partial charge in [0.1, 0.15) is 21.5 Å². The van der Waals surface area contributed by atoms with Gasteiger partial charge in [-0.15, -0.1) is 0 Å². The Balaban J connectivity index is 1.59. The second kappa shape index (κ2) is 7.80. The zero-order valence-corrected chi connectivity index (χ0v) is 16.7. The van der Waals surface area contributed by atoms with Gasteiger partial charge in [0, 0.05) is 31.7 Å². The molecule has 0 radical (unpaired) electrons. The van der Waals surface area contributed by atoms with E-state index in [2.05, 4.69) is 20.3 Å². The van der Waals surface area contributed by atoms with Crippen LogP contribution in [0.1, 0.15) is 23.3 Å². The van der Waals surface area contributed by atoms with Gasteiger partial charge < -0.3 is 21.7 Å². The van der Waals surface area contributed by atoms with Crippen LogP contribution in [-0.2, 0) is 7.05 Å². The molecule has 1 amide bonds. The van der Waals surface area contributed by atoms with Crippen LogP contribution in [0.4, 0.5) is 20.9 Å². The lowest BCUT2D eigenvalue weighted by atomic mass is 10.1. The first-order chi connectivity index (χ1) is 13.9. The summed E-state index contributed by atoms with van der Waals surface area (Å²) >= 11 is 1.08. The number of nitrogens with zero attached hydrogens (tertiary/aromatic N) is 4. The molecule has 0 aliphatic carbocycles. The van der Waals surface area contributed by atoms with Gasteiger partial charge >= 0.3 is 0 Å². The molecule has 0 unspecified atom stereocenters. The number of thiazole rings is 1. The molecule has 1 aliphatic heterocycles. The van der Waals surface area contributed by atoms with Crippen LogP contribution in [0.5, 0.6) is 0 Å². The number of nitrogens with one attached hydrogen (secondary N) is 1. The van der Waals surface area contributed by atoms with E-state index in [1.807, 2.05) is 7.05 Å². The van der Waals surface area contributed by atoms with Crippen LogP contribution in [0.15, 0.2) is 30.5 Å². The number of carbonyl (C=O) groups is 1. The Morgan fingerprint density at radius 1 is 1.38 bits per heavy atom. The Labute approximate surface area is 171 Å². The van der Waals surface area contributed by atoms with Crippen LogP contribution in [-0.4, -0.2) is 39.8 Å². The van der Waals surface area contributed by atoms with E-state index in [4.69, 9.17) is 11.5 Å². The standard InChI is InChI=1S/C19H22FN7OS/c1-26-19(27-8-4-5-11(21)10-27)14(9-23-26)24-17(28)15-16(22)29-18(25-15)12-6-2-3-7-13(12)20/h2-3,6-7,9,11H,4-5,8,10,21-22H2,1H3,(H,24,28)/t11-/m0/s1. The van der Waals surface area contributed by atoms with Gasteiger partial charge in [0.25, 0.3) is 5.91 Å². The van der Waals surface area contributed by atoms with Gasteiger partial charge in [0.05, 0.1) is 6.20 Å². The van der Waals surface area contributed by atoms with Crippen LogP contribution < -0.4 is 21.7 Å². The van der Waals surface area contributed by atoms with Crippen LogP contribution in [0.2, 0.25) is 0 Å². The lowest BCUT2D eigenvalue weighted by Crippen LogP contribution is -2.43. The van der Waals surface area contributed by atoms with Gasteiger partial charge in [0.2, 0.25) is 0 Å². The number of anilines is 3. The molecule has 0 bridgehead atoms. The minimum atomic E-state index is -0.461. The van der Waals surface area contributed by atoms with E-state index in [1.54, 1.807) is 29.1 Å². The number of rotatable bonds is 4. The van der Waals surface area contributed by atoms with Crippen molar-refractivity contribution in [1.29, 1.82) is 0 Å². The molecule has 1 aliphatic rings. The molecule has 8 nitrogen and oxygen atoms in total. The maximum atomic E-state index is 14.1. The third-order valence-corrected chi connectivity index (χ3v) is 5.80. The van der Waals surface area contributed by atoms with Crippen LogP contribution in [0.3, 0.4) is 0 Å². The quantitative estimate of drug-likeness (QED) is 0.603. The first-order valence-electron chi connectivity index (χ1n) is 9.29. The van der Waals surface area contributed by atoms with Crippen molar-refractivity contribution in [3.8, 4) is 10.6 Å². The number of aryl methyl sites for hydroxylation is 1. The third-order valence-electron chi connectivity index (χ3n) is 4.89. The number of nitrogens with two attached hydrogens (primary N) is 2. The Hall–Kier alpha value is -2.98. The molecule has 29 heavy (non-hydrogen) atoms. The van der Waals surface area contributed by atoms with Crippen LogP contribution in [0.25, 0.3) is 10.6 Å². The molecular formula is C19H22FN7OS. The van der Waals surface area contributed by atoms with E-state index < -0.39 is 11.7 Å². The second-order valence-electron chi connectivity index (χ2n) is 7.02. The number of aromatic nitrogens is 3. The lowest BCUT2D eigenvalue weighted by molar-refractivity contribution is 0.102. The number of piperidine rings is 1. The number of nitrogen functional groups attached to an aromatic ring is 1. The van der Waals surface area contributed by atoms with E-state index in [0.29, 0.717) is 22.8 Å². The van der Waals surface area contributed by atoms with Gasteiger partial charge in [-0.2, -0.15) is 5.10 Å². The molecule has 10 heteroatoms. The fourth-order valence-electron chi connectivity index (χ4n) is 3.52. The molecule has 5 N–H and O–H groups in total. The highest BCUT2D eigenvalue weighted by Crippen LogP contribution is 2.33. The summed E-state index contributed by atoms with van der Waals surface area (Å²) in [6.45, 7) is 1.53. The first-order valence-corrected chi connectivity index (χ1v) is 10.1. The highest BCUT2D eigenvalue weighted by Gasteiger charge is 2.25. The maximum absolute atomic E-state index is 14.1. The Morgan fingerprint density at radius 3 is 2.93 bits per heavy atom. The summed E-state index contributed by atoms with van der Waals surface area (Å²) < 4.78 is 15.8. The minimum Gasteiger partial charge on any atom is -0.389 e. The Morgan fingerprint density at radius 2 is 2.17 bits per heavy atom. The molecule has 1 saturated heterocycles. The summed E-state index contributed by atoms with van der Waals surface area (Å²) in [4.78, 5) is 19.2. The number of benzene rings is 1. The van der Waals surface area contributed by atoms with Crippen LogP contribution >= 0.6 is 11.3 Å². The predicted molar refractivity (Wildman–Crippen MR) is 113 cm³/mol. The molecular weight excluding hydrogens is 393 g/mol. The highest BCUT2D eigenvalue weighted by molar-refractivity contribution is 7.19. The molecule has 4 rings (SSSR count). The Kier molecular flexibility index (Phi) is 5.20. The molecule has 0 saturated carbocycles. The number of amides is 1. The predicted octanol–water partition coefficient (Wildman–Crippen LogP) is 2.44. The van der Waals surface area contributed by atoms with E-state index in [9.17, 15) is 9.18 Å². The molecule has 2 aromatic heterocycles. The van der Waals surface area contributed by atoms with Gasteiger partial charge in [-0.05, 0) is 25.0 Å². The van der Waals surface area contributed by atoms with Crippen molar-refractivity contribution >= 4 is 33.8 Å². The summed E-state index contributed by atoms with van der Waals surface area (Å²) in [5.74, 6) is -0.0854. The maximum Gasteiger partial charge on any atom is 0.277 e. The van der Waals surface area contributed by atoms with Crippen molar-refractivity contribution in [3.63, 3.8) is 0 Å². The number of carbonyl (C=O) groups excluding carboxylic acids is 1. The number of halogens is 1. The van der Waals surface area contributed by atoms with Gasteiger partial charge in [-0.1, -0.05) is 23.5 Å². The number of hydrogen-bond acceptors (Lipinski definition) is 7. The molecule has 1 fully saturated rings. The summed E-state index contributed by atoms with van der Waals surface area (Å²) in [6.07, 6.45) is 3.54. The van der Waals surface area contributed by atoms with Gasteiger partial charge in [0.15, 0.2) is 11.5 Å². The van der Waals surface area contributed by atoms with E-state index >= 15 is 0 Å². The first kappa shape index (κ1) is 19.3. The van der Waals surface area contributed by atoms with Crippen molar-refractivity contribution in [1.82, 2.24) is 14.8 Å². The summed E-state index contributed by atoms with van der Waals surface area (Å²) in [6, 6.07) is 6.34. The highest BCUT2D eigenvalue weighted by atomic mass is 32.1. The lowest BCUT2D eigenvalue weighted by Gasteiger charge is -2.32. The van der Waals surface area contributed by atoms with Crippen molar-refractivity contribution in [2.75, 3.05) is 29.0 Å². The van der Waals surface area contributed by atoms with Gasteiger partial charge in [-0.25, -0.2) is 9.37 Å².